The first-order chi connectivity index (χ1) is 11.7. The van der Waals surface area contributed by atoms with Crippen molar-refractivity contribution in [2.75, 3.05) is 0 Å². The van der Waals surface area contributed by atoms with Crippen molar-refractivity contribution in [2.45, 2.75) is 0 Å². The third-order valence-electron chi connectivity index (χ3n) is 4.72. The quantitative estimate of drug-likeness (QED) is 0.224. The molecule has 2 heteroatoms. The highest BCUT2D eigenvalue weighted by atomic mass is 19.1. The molecule has 0 aromatic heterocycles. The summed E-state index contributed by atoms with van der Waals surface area (Å²) in [5, 5.41) is 7.88. The lowest BCUT2D eigenvalue weighted by atomic mass is 9.95. The van der Waals surface area contributed by atoms with Crippen molar-refractivity contribution in [1.82, 2.24) is 0 Å². The second kappa shape index (κ2) is 4.75. The number of hydrogen-bond donors (Lipinski definition) is 0. The molecule has 0 aliphatic rings. The molecule has 24 heavy (non-hydrogen) atoms. The van der Waals surface area contributed by atoms with Crippen LogP contribution in [-0.4, -0.2) is 0 Å². The summed E-state index contributed by atoms with van der Waals surface area (Å²) in [6.45, 7) is 0. The average molecular weight is 314 g/mol. The van der Waals surface area contributed by atoms with Gasteiger partial charge in [-0.1, -0.05) is 36.4 Å². The van der Waals surface area contributed by atoms with Gasteiger partial charge in [0.1, 0.15) is 11.6 Å². The molecule has 0 heterocycles. The van der Waals surface area contributed by atoms with Crippen LogP contribution in [0.4, 0.5) is 8.78 Å². The minimum atomic E-state index is -0.240. The fraction of sp³-hybridized carbons (Fsp3) is 0. The standard InChI is InChI=1S/C22H12F2/c23-17-7-5-13-1-3-15-9-20-16(10-19(15)21(13)11-17)4-2-14-6-8-18(24)12-22(14)20/h1-12H. The van der Waals surface area contributed by atoms with Crippen LogP contribution < -0.4 is 0 Å². The van der Waals surface area contributed by atoms with E-state index in [1.54, 1.807) is 24.3 Å². The van der Waals surface area contributed by atoms with Gasteiger partial charge in [0.25, 0.3) is 0 Å². The minimum absolute atomic E-state index is 0.240. The Morgan fingerprint density at radius 1 is 0.375 bits per heavy atom. The molecule has 0 amide bonds. The van der Waals surface area contributed by atoms with Crippen LogP contribution in [0.3, 0.4) is 0 Å². The number of halogens is 2. The molecule has 5 rings (SSSR count). The minimum Gasteiger partial charge on any atom is -0.207 e. The molecule has 0 spiro atoms. The molecular weight excluding hydrogens is 302 g/mol. The van der Waals surface area contributed by atoms with E-state index in [1.807, 2.05) is 24.3 Å². The smallest absolute Gasteiger partial charge is 0.123 e. The van der Waals surface area contributed by atoms with Gasteiger partial charge in [-0.25, -0.2) is 8.78 Å². The second-order valence-corrected chi connectivity index (χ2v) is 6.16. The summed E-state index contributed by atoms with van der Waals surface area (Å²) in [5.74, 6) is -0.480. The Hall–Kier alpha value is -3.00. The van der Waals surface area contributed by atoms with Crippen LogP contribution in [0.15, 0.2) is 72.8 Å². The third-order valence-corrected chi connectivity index (χ3v) is 4.72. The van der Waals surface area contributed by atoms with E-state index in [-0.39, 0.29) is 11.6 Å². The summed E-state index contributed by atoms with van der Waals surface area (Å²) in [4.78, 5) is 0. The van der Waals surface area contributed by atoms with Crippen molar-refractivity contribution in [2.24, 2.45) is 0 Å². The maximum Gasteiger partial charge on any atom is 0.123 e. The molecule has 0 atom stereocenters. The van der Waals surface area contributed by atoms with Crippen LogP contribution in [-0.2, 0) is 0 Å². The number of fused-ring (bicyclic) bond motifs is 6. The zero-order valence-electron chi connectivity index (χ0n) is 12.7. The van der Waals surface area contributed by atoms with Crippen molar-refractivity contribution in [3.8, 4) is 0 Å². The summed E-state index contributed by atoms with van der Waals surface area (Å²) >= 11 is 0. The predicted octanol–water partition coefficient (Wildman–Crippen LogP) is 6.58. The van der Waals surface area contributed by atoms with Crippen molar-refractivity contribution >= 4 is 43.1 Å². The topological polar surface area (TPSA) is 0 Å². The molecule has 0 aliphatic heterocycles. The first-order valence-corrected chi connectivity index (χ1v) is 7.83. The van der Waals surface area contributed by atoms with Crippen LogP contribution in [0.2, 0.25) is 0 Å². The predicted molar refractivity (Wildman–Crippen MR) is 96.4 cm³/mol. The zero-order valence-corrected chi connectivity index (χ0v) is 12.7. The van der Waals surface area contributed by atoms with Crippen LogP contribution >= 0.6 is 0 Å². The Balaban J connectivity index is 1.98. The molecule has 0 aliphatic carbocycles. The maximum absolute atomic E-state index is 13.7. The van der Waals surface area contributed by atoms with Crippen LogP contribution in [0.1, 0.15) is 0 Å². The van der Waals surface area contributed by atoms with Gasteiger partial charge in [0.15, 0.2) is 0 Å². The van der Waals surface area contributed by atoms with Gasteiger partial charge >= 0.3 is 0 Å². The van der Waals surface area contributed by atoms with Gasteiger partial charge in [-0.2, -0.15) is 0 Å². The van der Waals surface area contributed by atoms with E-state index in [1.165, 1.54) is 12.1 Å². The van der Waals surface area contributed by atoms with Gasteiger partial charge < -0.3 is 0 Å². The van der Waals surface area contributed by atoms with Crippen molar-refractivity contribution in [1.29, 1.82) is 0 Å². The van der Waals surface area contributed by atoms with Crippen molar-refractivity contribution in [3.05, 3.63) is 84.4 Å². The summed E-state index contributed by atoms with van der Waals surface area (Å²) in [6.07, 6.45) is 0. The normalized spacial score (nSPS) is 11.8. The molecule has 0 bridgehead atoms. The number of rotatable bonds is 0. The molecule has 0 N–H and O–H groups in total. The maximum atomic E-state index is 13.7. The summed E-state index contributed by atoms with van der Waals surface area (Å²) in [7, 11) is 0. The fourth-order valence-corrected chi connectivity index (χ4v) is 3.55. The van der Waals surface area contributed by atoms with E-state index >= 15 is 0 Å². The largest absolute Gasteiger partial charge is 0.207 e. The molecule has 0 nitrogen and oxygen atoms in total. The van der Waals surface area contributed by atoms with Gasteiger partial charge in [-0.15, -0.1) is 0 Å². The third kappa shape index (κ3) is 1.89. The van der Waals surface area contributed by atoms with Gasteiger partial charge in [0.2, 0.25) is 0 Å². The van der Waals surface area contributed by atoms with E-state index in [0.717, 1.165) is 43.1 Å². The Kier molecular flexibility index (Phi) is 2.66. The molecule has 0 fully saturated rings. The van der Waals surface area contributed by atoms with Gasteiger partial charge in [0.05, 0.1) is 0 Å². The first-order valence-electron chi connectivity index (χ1n) is 7.83. The van der Waals surface area contributed by atoms with Gasteiger partial charge in [-0.3, -0.25) is 0 Å². The number of hydrogen-bond acceptors (Lipinski definition) is 0. The molecule has 0 saturated carbocycles. The van der Waals surface area contributed by atoms with Crippen molar-refractivity contribution in [3.63, 3.8) is 0 Å². The Bertz CT molecular complexity index is 1170. The summed E-state index contributed by atoms with van der Waals surface area (Å²) in [6, 6.07) is 21.9. The summed E-state index contributed by atoms with van der Waals surface area (Å²) < 4.78 is 27.4. The highest BCUT2D eigenvalue weighted by Gasteiger charge is 2.07. The molecule has 5 aromatic carbocycles. The second-order valence-electron chi connectivity index (χ2n) is 6.16. The lowest BCUT2D eigenvalue weighted by Gasteiger charge is -2.09. The van der Waals surface area contributed by atoms with E-state index in [2.05, 4.69) is 12.1 Å². The van der Waals surface area contributed by atoms with Crippen LogP contribution in [0.25, 0.3) is 43.1 Å². The van der Waals surface area contributed by atoms with E-state index < -0.39 is 0 Å². The lowest BCUT2D eigenvalue weighted by molar-refractivity contribution is 0.629. The van der Waals surface area contributed by atoms with E-state index in [0.29, 0.717) is 0 Å². The fourth-order valence-electron chi connectivity index (χ4n) is 3.55. The highest BCUT2D eigenvalue weighted by molar-refractivity contribution is 6.17. The molecule has 0 saturated heterocycles. The van der Waals surface area contributed by atoms with Gasteiger partial charge in [-0.05, 0) is 79.5 Å². The molecule has 0 radical (unpaired) electrons. The molecule has 114 valence electrons. The van der Waals surface area contributed by atoms with Crippen molar-refractivity contribution < 1.29 is 8.78 Å². The number of benzene rings is 5. The highest BCUT2D eigenvalue weighted by Crippen LogP contribution is 2.33. The molecular formula is C22H12F2. The Morgan fingerprint density at radius 3 is 1.17 bits per heavy atom. The average Bonchev–Trinajstić information content (AvgIpc) is 2.60. The van der Waals surface area contributed by atoms with E-state index in [4.69, 9.17) is 0 Å². The summed E-state index contributed by atoms with van der Waals surface area (Å²) in [5.41, 5.74) is 0. The lowest BCUT2D eigenvalue weighted by Crippen LogP contribution is -1.84. The van der Waals surface area contributed by atoms with Crippen LogP contribution in [0.5, 0.6) is 0 Å². The molecule has 5 aromatic rings. The zero-order chi connectivity index (χ0) is 16.3. The van der Waals surface area contributed by atoms with E-state index in [9.17, 15) is 8.78 Å². The first kappa shape index (κ1) is 13.4. The SMILES string of the molecule is Fc1ccc2ccc3cc4c(ccc5ccc(F)cc54)cc3c2c1. The Morgan fingerprint density at radius 2 is 0.708 bits per heavy atom. The van der Waals surface area contributed by atoms with Crippen LogP contribution in [0, 0.1) is 11.6 Å². The molecule has 0 unspecified atom stereocenters. The monoisotopic (exact) mass is 314 g/mol. The van der Waals surface area contributed by atoms with Gasteiger partial charge in [0, 0.05) is 0 Å². The Labute approximate surface area is 136 Å².